The second-order valence-electron chi connectivity index (χ2n) is 7.39. The Kier molecular flexibility index (Phi) is 7.17. The van der Waals surface area contributed by atoms with Crippen molar-refractivity contribution < 1.29 is 14.3 Å². The van der Waals surface area contributed by atoms with Gasteiger partial charge in [0.05, 0.1) is 11.7 Å². The van der Waals surface area contributed by atoms with E-state index in [1.165, 1.54) is 6.21 Å². The fourth-order valence-electron chi connectivity index (χ4n) is 3.09. The van der Waals surface area contributed by atoms with Crippen LogP contribution in [0.4, 0.5) is 0 Å². The van der Waals surface area contributed by atoms with Crippen molar-refractivity contribution in [3.8, 4) is 11.5 Å². The second kappa shape index (κ2) is 10.6. The van der Waals surface area contributed by atoms with Crippen LogP contribution in [0.3, 0.4) is 0 Å². The summed E-state index contributed by atoms with van der Waals surface area (Å²) >= 11 is 6.23. The average molecular weight is 460 g/mol. The number of rotatable bonds is 8. The first-order valence-corrected chi connectivity index (χ1v) is 10.7. The zero-order valence-corrected chi connectivity index (χ0v) is 18.8. The van der Waals surface area contributed by atoms with Gasteiger partial charge in [-0.05, 0) is 54.4 Å². The molecule has 6 nitrogen and oxygen atoms in total. The molecule has 0 saturated heterocycles. The minimum absolute atomic E-state index is 0.176. The van der Waals surface area contributed by atoms with Crippen LogP contribution < -0.4 is 14.9 Å². The zero-order chi connectivity index (χ0) is 23.0. The standard InChI is InChI=1S/C26H22ClN3O3/c1-18-7-8-20-14-21(26(27)29-24(20)13-18)15-28-30-25(31)17-33-23-11-9-22(10-12-23)32-16-19-5-3-2-4-6-19/h2-15H,16-17H2,1H3,(H,30,31). The molecule has 0 bridgehead atoms. The van der Waals surface area contributed by atoms with Gasteiger partial charge in [0.15, 0.2) is 6.61 Å². The van der Waals surface area contributed by atoms with Gasteiger partial charge >= 0.3 is 0 Å². The Morgan fingerprint density at radius 3 is 2.48 bits per heavy atom. The second-order valence-corrected chi connectivity index (χ2v) is 7.75. The number of ether oxygens (including phenoxy) is 2. The van der Waals surface area contributed by atoms with E-state index >= 15 is 0 Å². The van der Waals surface area contributed by atoms with E-state index < -0.39 is 5.91 Å². The van der Waals surface area contributed by atoms with Gasteiger partial charge in [0.2, 0.25) is 0 Å². The molecule has 0 aliphatic heterocycles. The number of hydrogen-bond acceptors (Lipinski definition) is 5. The molecule has 33 heavy (non-hydrogen) atoms. The first-order valence-electron chi connectivity index (χ1n) is 10.4. The SMILES string of the molecule is Cc1ccc2cc(C=NNC(=O)COc3ccc(OCc4ccccc4)cc3)c(Cl)nc2c1. The summed E-state index contributed by atoms with van der Waals surface area (Å²) in [5.41, 5.74) is 6.05. The van der Waals surface area contributed by atoms with E-state index in [0.717, 1.165) is 27.8 Å². The van der Waals surface area contributed by atoms with E-state index in [0.29, 0.717) is 23.1 Å². The number of carbonyl (C=O) groups excluding carboxylic acids is 1. The molecule has 1 aromatic heterocycles. The minimum atomic E-state index is -0.392. The van der Waals surface area contributed by atoms with Crippen molar-refractivity contribution in [2.24, 2.45) is 5.10 Å². The van der Waals surface area contributed by atoms with Crippen molar-refractivity contribution >= 4 is 34.6 Å². The van der Waals surface area contributed by atoms with Crippen LogP contribution in [0.15, 0.2) is 84.0 Å². The maximum Gasteiger partial charge on any atom is 0.277 e. The van der Waals surface area contributed by atoms with Gasteiger partial charge in [-0.1, -0.05) is 54.1 Å². The molecule has 0 fully saturated rings. The predicted molar refractivity (Wildman–Crippen MR) is 130 cm³/mol. The highest BCUT2D eigenvalue weighted by Crippen LogP contribution is 2.21. The van der Waals surface area contributed by atoms with Crippen LogP contribution in [-0.4, -0.2) is 23.7 Å². The third kappa shape index (κ3) is 6.30. The third-order valence-corrected chi connectivity index (χ3v) is 5.09. The summed E-state index contributed by atoms with van der Waals surface area (Å²) in [4.78, 5) is 16.4. The molecule has 3 aromatic carbocycles. The van der Waals surface area contributed by atoms with Crippen LogP contribution in [0.1, 0.15) is 16.7 Å². The zero-order valence-electron chi connectivity index (χ0n) is 18.0. The van der Waals surface area contributed by atoms with Crippen molar-refractivity contribution in [3.05, 3.63) is 101 Å². The Morgan fingerprint density at radius 1 is 1.00 bits per heavy atom. The molecule has 1 N–H and O–H groups in total. The number of halogens is 1. The summed E-state index contributed by atoms with van der Waals surface area (Å²) in [5.74, 6) is 0.880. The molecule has 0 saturated carbocycles. The van der Waals surface area contributed by atoms with Crippen molar-refractivity contribution in [2.75, 3.05) is 6.61 Å². The molecule has 166 valence electrons. The predicted octanol–water partition coefficient (Wildman–Crippen LogP) is 5.30. The van der Waals surface area contributed by atoms with Crippen LogP contribution in [0.25, 0.3) is 10.9 Å². The van der Waals surface area contributed by atoms with E-state index in [1.54, 1.807) is 24.3 Å². The normalized spacial score (nSPS) is 11.0. The Bertz CT molecular complexity index is 1280. The van der Waals surface area contributed by atoms with E-state index in [-0.39, 0.29) is 6.61 Å². The van der Waals surface area contributed by atoms with E-state index in [4.69, 9.17) is 21.1 Å². The molecule has 0 spiro atoms. The number of benzene rings is 3. The van der Waals surface area contributed by atoms with Gasteiger partial charge in [-0.15, -0.1) is 0 Å². The first-order chi connectivity index (χ1) is 16.1. The number of hydrogen-bond donors (Lipinski definition) is 1. The maximum absolute atomic E-state index is 12.0. The topological polar surface area (TPSA) is 72.8 Å². The molecular formula is C26H22ClN3O3. The molecule has 4 rings (SSSR count). The van der Waals surface area contributed by atoms with Crippen molar-refractivity contribution in [1.29, 1.82) is 0 Å². The lowest BCUT2D eigenvalue weighted by Gasteiger charge is -2.08. The number of carbonyl (C=O) groups is 1. The molecule has 4 aromatic rings. The number of pyridine rings is 1. The largest absolute Gasteiger partial charge is 0.489 e. The molecule has 0 unspecified atom stereocenters. The molecule has 0 aliphatic rings. The molecule has 7 heteroatoms. The molecule has 1 heterocycles. The summed E-state index contributed by atoms with van der Waals surface area (Å²) in [5, 5.41) is 5.22. The summed E-state index contributed by atoms with van der Waals surface area (Å²) in [7, 11) is 0. The molecule has 0 aliphatic carbocycles. The van der Waals surface area contributed by atoms with Crippen LogP contribution >= 0.6 is 11.6 Å². The van der Waals surface area contributed by atoms with Gasteiger partial charge < -0.3 is 9.47 Å². The van der Waals surface area contributed by atoms with Gasteiger partial charge in [-0.2, -0.15) is 5.10 Å². The smallest absolute Gasteiger partial charge is 0.277 e. The van der Waals surface area contributed by atoms with E-state index in [2.05, 4.69) is 15.5 Å². The highest BCUT2D eigenvalue weighted by molar-refractivity contribution is 6.32. The Morgan fingerprint density at radius 2 is 1.73 bits per heavy atom. The van der Waals surface area contributed by atoms with Crippen LogP contribution in [-0.2, 0) is 11.4 Å². The Hall–Kier alpha value is -3.90. The lowest BCUT2D eigenvalue weighted by Crippen LogP contribution is -2.24. The summed E-state index contributed by atoms with van der Waals surface area (Å²) in [6, 6.07) is 24.8. The van der Waals surface area contributed by atoms with Crippen molar-refractivity contribution in [1.82, 2.24) is 10.4 Å². The van der Waals surface area contributed by atoms with E-state index in [1.807, 2.05) is 61.5 Å². The molecule has 1 amide bonds. The monoisotopic (exact) mass is 459 g/mol. The Balaban J connectivity index is 1.25. The van der Waals surface area contributed by atoms with Gasteiger partial charge in [-0.3, -0.25) is 4.79 Å². The highest BCUT2D eigenvalue weighted by Gasteiger charge is 2.05. The quantitative estimate of drug-likeness (QED) is 0.220. The average Bonchev–Trinajstić information content (AvgIpc) is 2.83. The molecule has 0 radical (unpaired) electrons. The molecule has 0 atom stereocenters. The fraction of sp³-hybridized carbons (Fsp3) is 0.115. The summed E-state index contributed by atoms with van der Waals surface area (Å²) < 4.78 is 11.2. The van der Waals surface area contributed by atoms with Gasteiger partial charge in [0.25, 0.3) is 5.91 Å². The van der Waals surface area contributed by atoms with Gasteiger partial charge in [-0.25, -0.2) is 10.4 Å². The van der Waals surface area contributed by atoms with Gasteiger partial charge in [0, 0.05) is 10.9 Å². The van der Waals surface area contributed by atoms with Crippen molar-refractivity contribution in [3.63, 3.8) is 0 Å². The van der Waals surface area contributed by atoms with Gasteiger partial charge in [0.1, 0.15) is 23.3 Å². The van der Waals surface area contributed by atoms with Crippen LogP contribution in [0.5, 0.6) is 11.5 Å². The highest BCUT2D eigenvalue weighted by atomic mass is 35.5. The lowest BCUT2D eigenvalue weighted by atomic mass is 10.1. The van der Waals surface area contributed by atoms with Crippen molar-refractivity contribution in [2.45, 2.75) is 13.5 Å². The lowest BCUT2D eigenvalue weighted by molar-refractivity contribution is -0.123. The number of aryl methyl sites for hydroxylation is 1. The summed E-state index contributed by atoms with van der Waals surface area (Å²) in [6.07, 6.45) is 1.46. The van der Waals surface area contributed by atoms with Crippen LogP contribution in [0, 0.1) is 6.92 Å². The third-order valence-electron chi connectivity index (χ3n) is 4.79. The summed E-state index contributed by atoms with van der Waals surface area (Å²) in [6.45, 7) is 2.30. The fourth-order valence-corrected chi connectivity index (χ4v) is 3.28. The minimum Gasteiger partial charge on any atom is -0.489 e. The Labute approximate surface area is 196 Å². The number of fused-ring (bicyclic) bond motifs is 1. The number of nitrogens with one attached hydrogen (secondary N) is 1. The number of aromatic nitrogens is 1. The van der Waals surface area contributed by atoms with Crippen LogP contribution in [0.2, 0.25) is 5.15 Å². The number of hydrazone groups is 1. The number of nitrogens with zero attached hydrogens (tertiary/aromatic N) is 2. The number of amides is 1. The first kappa shape index (κ1) is 22.3. The van der Waals surface area contributed by atoms with E-state index in [9.17, 15) is 4.79 Å². The molecular weight excluding hydrogens is 438 g/mol. The maximum atomic E-state index is 12.0.